The van der Waals surface area contributed by atoms with E-state index in [1.807, 2.05) is 93.5 Å². The van der Waals surface area contributed by atoms with Crippen molar-refractivity contribution in [1.29, 1.82) is 0 Å². The zero-order valence-corrected chi connectivity index (χ0v) is 28.8. The lowest BCUT2D eigenvalue weighted by molar-refractivity contribution is -0.256. The van der Waals surface area contributed by atoms with E-state index in [0.29, 0.717) is 31.6 Å². The smallest absolute Gasteiger partial charge is 0.408 e. The van der Waals surface area contributed by atoms with Crippen molar-refractivity contribution >= 4 is 12.2 Å². The molecule has 2 rings (SSSR count). The summed E-state index contributed by atoms with van der Waals surface area (Å²) >= 11 is 0. The van der Waals surface area contributed by atoms with Crippen molar-refractivity contribution in [1.82, 2.24) is 20.8 Å². The van der Waals surface area contributed by atoms with Gasteiger partial charge < -0.3 is 30.5 Å². The van der Waals surface area contributed by atoms with Crippen LogP contribution in [0.3, 0.4) is 0 Å². The molecule has 10 nitrogen and oxygen atoms in total. The molecule has 1 unspecified atom stereocenters. The number of hydroxylamine groups is 4. The summed E-state index contributed by atoms with van der Waals surface area (Å²) in [5, 5.41) is 29.1. The highest BCUT2D eigenvalue weighted by molar-refractivity contribution is 5.69. The van der Waals surface area contributed by atoms with Crippen LogP contribution in [0.1, 0.15) is 120 Å². The van der Waals surface area contributed by atoms with E-state index < -0.39 is 39.9 Å². The molecule has 0 bridgehead atoms. The third-order valence-electron chi connectivity index (χ3n) is 8.62. The minimum atomic E-state index is -0.773. The van der Waals surface area contributed by atoms with Gasteiger partial charge in [0.15, 0.2) is 0 Å². The van der Waals surface area contributed by atoms with E-state index in [0.717, 1.165) is 16.2 Å². The molecule has 0 saturated carbocycles. The van der Waals surface area contributed by atoms with E-state index in [2.05, 4.69) is 24.5 Å². The van der Waals surface area contributed by atoms with Crippen LogP contribution in [0.25, 0.3) is 0 Å². The fourth-order valence-corrected chi connectivity index (χ4v) is 5.96. The maximum atomic E-state index is 13.1. The highest BCUT2D eigenvalue weighted by Crippen LogP contribution is 2.38. The molecule has 0 aliphatic carbocycles. The van der Waals surface area contributed by atoms with Gasteiger partial charge in [-0.3, -0.25) is 0 Å². The zero-order chi connectivity index (χ0) is 33.2. The van der Waals surface area contributed by atoms with Crippen LogP contribution in [0.4, 0.5) is 9.59 Å². The molecule has 1 aromatic carbocycles. The lowest BCUT2D eigenvalue weighted by Crippen LogP contribution is -2.61. The number of ether oxygens (including phenoxy) is 2. The number of nitrogens with zero attached hydrogens (tertiary/aromatic N) is 2. The van der Waals surface area contributed by atoms with Gasteiger partial charge in [-0.1, -0.05) is 38.1 Å². The molecule has 1 aliphatic rings. The largest absolute Gasteiger partial charge is 0.446 e. The molecule has 10 heteroatoms. The van der Waals surface area contributed by atoms with Crippen molar-refractivity contribution in [2.75, 3.05) is 7.05 Å². The molecular formula is C33H58N4O6. The van der Waals surface area contributed by atoms with Crippen LogP contribution in [0.5, 0.6) is 0 Å². The second kappa shape index (κ2) is 13.3. The maximum absolute atomic E-state index is 13.1. The van der Waals surface area contributed by atoms with Crippen molar-refractivity contribution in [2.45, 2.75) is 149 Å². The van der Waals surface area contributed by atoms with Gasteiger partial charge in [0, 0.05) is 42.9 Å². The van der Waals surface area contributed by atoms with Gasteiger partial charge in [0.1, 0.15) is 12.2 Å². The molecule has 1 heterocycles. The molecule has 1 atom stereocenters. The Kier molecular flexibility index (Phi) is 11.4. The van der Waals surface area contributed by atoms with Crippen LogP contribution in [0.2, 0.25) is 0 Å². The Bertz CT molecular complexity index is 1090. The Labute approximate surface area is 259 Å². The lowest BCUT2D eigenvalue weighted by Gasteiger charge is -2.50. The van der Waals surface area contributed by atoms with Gasteiger partial charge in [-0.2, -0.15) is 10.1 Å². The summed E-state index contributed by atoms with van der Waals surface area (Å²) in [5.74, 6) is 0.309. The summed E-state index contributed by atoms with van der Waals surface area (Å²) in [6.07, 6.45) is 0.409. The molecule has 2 amide bonds. The van der Waals surface area contributed by atoms with Gasteiger partial charge >= 0.3 is 12.2 Å². The molecular weight excluding hydrogens is 548 g/mol. The molecule has 1 saturated heterocycles. The van der Waals surface area contributed by atoms with Crippen LogP contribution in [-0.2, 0) is 20.6 Å². The van der Waals surface area contributed by atoms with Gasteiger partial charge in [-0.05, 0) is 92.7 Å². The molecule has 0 spiro atoms. The second-order valence-electron chi connectivity index (χ2n) is 15.7. The number of benzene rings is 1. The fraction of sp³-hybridized carbons (Fsp3) is 0.758. The van der Waals surface area contributed by atoms with Gasteiger partial charge in [0.2, 0.25) is 0 Å². The summed E-state index contributed by atoms with van der Waals surface area (Å²) in [7, 11) is 1.60. The Morgan fingerprint density at radius 2 is 1.44 bits per heavy atom. The molecule has 1 fully saturated rings. The van der Waals surface area contributed by atoms with Gasteiger partial charge in [0.25, 0.3) is 0 Å². The number of rotatable bonds is 11. The number of hydrogen-bond acceptors (Lipinski definition) is 8. The van der Waals surface area contributed by atoms with Crippen molar-refractivity contribution in [3.8, 4) is 0 Å². The van der Waals surface area contributed by atoms with E-state index in [-0.39, 0.29) is 12.2 Å². The summed E-state index contributed by atoms with van der Waals surface area (Å²) in [5.41, 5.74) is -1.47. The number of piperidine rings is 1. The van der Waals surface area contributed by atoms with Crippen molar-refractivity contribution < 1.29 is 29.5 Å². The first kappa shape index (κ1) is 36.8. The number of hydrogen-bond donors (Lipinski definition) is 4. The molecule has 0 aromatic heterocycles. The maximum Gasteiger partial charge on any atom is 0.408 e. The van der Waals surface area contributed by atoms with Crippen molar-refractivity contribution in [2.24, 2.45) is 5.92 Å². The summed E-state index contributed by atoms with van der Waals surface area (Å²) in [4.78, 5) is 26.2. The molecule has 43 heavy (non-hydrogen) atoms. The summed E-state index contributed by atoms with van der Waals surface area (Å²) in [6.45, 7) is 23.3. The average Bonchev–Trinajstić information content (AvgIpc) is 2.80. The first-order chi connectivity index (χ1) is 19.4. The Morgan fingerprint density at radius 1 is 0.977 bits per heavy atom. The first-order valence-corrected chi connectivity index (χ1v) is 15.4. The Morgan fingerprint density at radius 3 is 1.88 bits per heavy atom. The SMILES string of the molecule is CC(C)CC(CC(C)(C)N(C)O)OC(=O)NC(C)(C)c1cccc(C(C)(C)NC(=O)OC2CC(C)(C)N(O)C(C)(C)C2)c1. The minimum Gasteiger partial charge on any atom is -0.446 e. The van der Waals surface area contributed by atoms with Crippen LogP contribution in [-0.4, -0.2) is 68.6 Å². The Balaban J connectivity index is 2.12. The molecule has 4 N–H and O–H groups in total. The topological polar surface area (TPSA) is 124 Å². The minimum absolute atomic E-state index is 0.309. The predicted molar refractivity (Wildman–Crippen MR) is 168 cm³/mol. The number of alkyl carbamates (subject to hydrolysis) is 2. The van der Waals surface area contributed by atoms with E-state index in [1.54, 1.807) is 7.05 Å². The van der Waals surface area contributed by atoms with Crippen LogP contribution in [0.15, 0.2) is 24.3 Å². The van der Waals surface area contributed by atoms with E-state index in [4.69, 9.17) is 9.47 Å². The van der Waals surface area contributed by atoms with E-state index in [1.165, 1.54) is 5.06 Å². The molecule has 1 aliphatic heterocycles. The summed E-state index contributed by atoms with van der Waals surface area (Å²) < 4.78 is 11.7. The number of amides is 2. The van der Waals surface area contributed by atoms with Crippen LogP contribution in [0, 0.1) is 5.92 Å². The quantitative estimate of drug-likeness (QED) is 0.200. The standard InChI is InChI=1S/C33H58N4O6/c1-22(2)17-25(19-29(3,4)36(13)40)42-27(38)34-32(9,10)23-15-14-16-24(18-23)33(11,12)35-28(39)43-26-20-30(5,6)37(41)31(7,8)21-26/h14-16,18,22,25-26,40-41H,17,19-21H2,1-13H3,(H,34,38)(H,35,39). The zero-order valence-electron chi connectivity index (χ0n) is 28.8. The highest BCUT2D eigenvalue weighted by atomic mass is 16.6. The fourth-order valence-electron chi connectivity index (χ4n) is 5.96. The monoisotopic (exact) mass is 606 g/mol. The average molecular weight is 607 g/mol. The predicted octanol–water partition coefficient (Wildman–Crippen LogP) is 6.92. The van der Waals surface area contributed by atoms with E-state index in [9.17, 15) is 20.0 Å². The first-order valence-electron chi connectivity index (χ1n) is 15.4. The number of nitrogens with one attached hydrogen (secondary N) is 2. The lowest BCUT2D eigenvalue weighted by atomic mass is 9.80. The van der Waals surface area contributed by atoms with Crippen molar-refractivity contribution in [3.05, 3.63) is 35.4 Å². The van der Waals surface area contributed by atoms with Gasteiger partial charge in [0.05, 0.1) is 11.1 Å². The number of carbonyl (C=O) groups is 2. The van der Waals surface area contributed by atoms with E-state index >= 15 is 0 Å². The normalized spacial score (nSPS) is 18.8. The highest BCUT2D eigenvalue weighted by Gasteiger charge is 2.46. The van der Waals surface area contributed by atoms with Crippen molar-refractivity contribution in [3.63, 3.8) is 0 Å². The van der Waals surface area contributed by atoms with Gasteiger partial charge in [-0.25, -0.2) is 9.59 Å². The van der Waals surface area contributed by atoms with Crippen LogP contribution < -0.4 is 10.6 Å². The molecule has 246 valence electrons. The third kappa shape index (κ3) is 10.1. The summed E-state index contributed by atoms with van der Waals surface area (Å²) in [6, 6.07) is 7.73. The Hall–Kier alpha value is -2.40. The van der Waals surface area contributed by atoms with Crippen LogP contribution >= 0.6 is 0 Å². The molecule has 0 radical (unpaired) electrons. The third-order valence-corrected chi connectivity index (χ3v) is 8.62. The second-order valence-corrected chi connectivity index (χ2v) is 15.7. The molecule has 1 aromatic rings. The number of carbonyl (C=O) groups excluding carboxylic acids is 2. The van der Waals surface area contributed by atoms with Gasteiger partial charge in [-0.15, -0.1) is 0 Å².